The lowest BCUT2D eigenvalue weighted by molar-refractivity contribution is 0.0726. The van der Waals surface area contributed by atoms with Crippen molar-refractivity contribution in [1.82, 2.24) is 24.5 Å². The van der Waals surface area contributed by atoms with Gasteiger partial charge < -0.3 is 4.90 Å². The van der Waals surface area contributed by atoms with Gasteiger partial charge in [-0.3, -0.25) is 19.7 Å². The lowest BCUT2D eigenvalue weighted by atomic mass is 10.1. The van der Waals surface area contributed by atoms with E-state index in [-0.39, 0.29) is 17.5 Å². The van der Waals surface area contributed by atoms with Crippen LogP contribution in [0.1, 0.15) is 47.7 Å². The molecule has 25 heavy (non-hydrogen) atoms. The second-order valence-electron chi connectivity index (χ2n) is 6.22. The first-order valence-corrected chi connectivity index (χ1v) is 8.51. The first-order valence-electron chi connectivity index (χ1n) is 8.51. The molecule has 1 unspecified atom stereocenters. The maximum Gasteiger partial charge on any atom is 0.273 e. The zero-order chi connectivity index (χ0) is 17.4. The Kier molecular flexibility index (Phi) is 3.83. The molecule has 4 rings (SSSR count). The molecule has 0 spiro atoms. The number of aryl methyl sites for hydroxylation is 1. The number of aromatic nitrogens is 4. The van der Waals surface area contributed by atoms with Crippen LogP contribution < -0.4 is 5.56 Å². The number of amides is 1. The Balaban J connectivity index is 1.71. The van der Waals surface area contributed by atoms with Crippen LogP contribution in [0.2, 0.25) is 0 Å². The van der Waals surface area contributed by atoms with Gasteiger partial charge in [-0.25, -0.2) is 9.50 Å². The van der Waals surface area contributed by atoms with Crippen molar-refractivity contribution in [3.05, 3.63) is 64.0 Å². The molecule has 0 aliphatic carbocycles. The number of carbonyl (C=O) groups excluding carboxylic acids is 1. The highest BCUT2D eigenvalue weighted by molar-refractivity contribution is 5.92. The number of nitrogens with zero attached hydrogens (tertiary/aromatic N) is 4. The molecule has 1 aliphatic heterocycles. The molecule has 1 fully saturated rings. The van der Waals surface area contributed by atoms with E-state index >= 15 is 0 Å². The zero-order valence-electron chi connectivity index (χ0n) is 14.0. The van der Waals surface area contributed by atoms with E-state index in [1.165, 1.54) is 4.52 Å². The van der Waals surface area contributed by atoms with Crippen molar-refractivity contribution >= 4 is 11.6 Å². The number of aromatic amines is 1. The summed E-state index contributed by atoms with van der Waals surface area (Å²) in [6.45, 7) is 2.65. The number of likely N-dealkylation sites (tertiary alicyclic amines) is 1. The first-order chi connectivity index (χ1) is 12.2. The minimum atomic E-state index is -0.131. The standard InChI is InChI=1S/C18H19N5O2/c1-2-12-10-17(24)23-16(20-12)11-14(21-23)15-7-5-9-22(15)18(25)13-6-3-4-8-19-13/h3-4,6,8,10-11,15,21H,2,5,7,9H2,1H3. The van der Waals surface area contributed by atoms with Crippen LogP contribution >= 0.6 is 0 Å². The van der Waals surface area contributed by atoms with Gasteiger partial charge >= 0.3 is 0 Å². The predicted octanol–water partition coefficient (Wildman–Crippen LogP) is 1.96. The van der Waals surface area contributed by atoms with E-state index in [0.29, 0.717) is 24.3 Å². The number of carbonyl (C=O) groups is 1. The molecule has 4 heterocycles. The Morgan fingerprint density at radius 3 is 3.00 bits per heavy atom. The van der Waals surface area contributed by atoms with Crippen molar-refractivity contribution in [2.45, 2.75) is 32.2 Å². The van der Waals surface area contributed by atoms with Gasteiger partial charge in [0.1, 0.15) is 5.69 Å². The fraction of sp³-hybridized carbons (Fsp3) is 0.333. The van der Waals surface area contributed by atoms with Gasteiger partial charge in [-0.15, -0.1) is 0 Å². The van der Waals surface area contributed by atoms with Gasteiger partial charge in [0.25, 0.3) is 11.5 Å². The largest absolute Gasteiger partial charge is 0.329 e. The minimum absolute atomic E-state index is 0.0868. The van der Waals surface area contributed by atoms with Gasteiger partial charge in [0, 0.05) is 30.6 Å². The van der Waals surface area contributed by atoms with Crippen molar-refractivity contribution in [3.8, 4) is 0 Å². The molecule has 1 N–H and O–H groups in total. The summed E-state index contributed by atoms with van der Waals surface area (Å²) < 4.78 is 1.44. The Morgan fingerprint density at radius 1 is 1.36 bits per heavy atom. The van der Waals surface area contributed by atoms with E-state index < -0.39 is 0 Å². The third-order valence-corrected chi connectivity index (χ3v) is 4.64. The first kappa shape index (κ1) is 15.6. The van der Waals surface area contributed by atoms with Crippen molar-refractivity contribution < 1.29 is 4.79 Å². The molecule has 0 bridgehead atoms. The molecule has 7 heteroatoms. The van der Waals surface area contributed by atoms with Gasteiger partial charge in [-0.2, -0.15) is 0 Å². The predicted molar refractivity (Wildman–Crippen MR) is 92.4 cm³/mol. The van der Waals surface area contributed by atoms with E-state index in [0.717, 1.165) is 24.2 Å². The molecule has 128 valence electrons. The van der Waals surface area contributed by atoms with Gasteiger partial charge in [0.15, 0.2) is 5.65 Å². The number of pyridine rings is 1. The molecule has 1 aliphatic rings. The molecule has 3 aromatic rings. The minimum Gasteiger partial charge on any atom is -0.329 e. The summed E-state index contributed by atoms with van der Waals surface area (Å²) in [7, 11) is 0. The van der Waals surface area contributed by atoms with Crippen LogP contribution in [0.4, 0.5) is 0 Å². The average Bonchev–Trinajstić information content (AvgIpc) is 3.28. The van der Waals surface area contributed by atoms with Gasteiger partial charge in [-0.05, 0) is 31.4 Å². The zero-order valence-corrected chi connectivity index (χ0v) is 14.0. The van der Waals surface area contributed by atoms with Crippen LogP contribution in [0.3, 0.4) is 0 Å². The monoisotopic (exact) mass is 337 g/mol. The number of rotatable bonds is 3. The molecule has 0 saturated carbocycles. The number of hydrogen-bond acceptors (Lipinski definition) is 4. The van der Waals surface area contributed by atoms with Crippen LogP contribution in [0.5, 0.6) is 0 Å². The Labute approximate surface area is 144 Å². The molecule has 1 saturated heterocycles. The molecule has 7 nitrogen and oxygen atoms in total. The summed E-state index contributed by atoms with van der Waals surface area (Å²) in [6.07, 6.45) is 4.10. The quantitative estimate of drug-likeness (QED) is 0.792. The van der Waals surface area contributed by atoms with Gasteiger partial charge in [-0.1, -0.05) is 13.0 Å². The third-order valence-electron chi connectivity index (χ3n) is 4.64. The van der Waals surface area contributed by atoms with Crippen molar-refractivity contribution in [2.75, 3.05) is 6.54 Å². The van der Waals surface area contributed by atoms with E-state index in [1.807, 2.05) is 24.0 Å². The van der Waals surface area contributed by atoms with Crippen LogP contribution in [0, 0.1) is 0 Å². The molecular weight excluding hydrogens is 318 g/mol. The maximum atomic E-state index is 12.8. The smallest absolute Gasteiger partial charge is 0.273 e. The summed E-state index contributed by atoms with van der Waals surface area (Å²) >= 11 is 0. The van der Waals surface area contributed by atoms with Crippen molar-refractivity contribution in [2.24, 2.45) is 0 Å². The second-order valence-corrected chi connectivity index (χ2v) is 6.22. The summed E-state index contributed by atoms with van der Waals surface area (Å²) in [5, 5.41) is 3.12. The second kappa shape index (κ2) is 6.16. The number of fused-ring (bicyclic) bond motifs is 1. The highest BCUT2D eigenvalue weighted by atomic mass is 16.2. The molecule has 3 aromatic heterocycles. The van der Waals surface area contributed by atoms with Crippen LogP contribution in [0.25, 0.3) is 5.65 Å². The fourth-order valence-corrected chi connectivity index (χ4v) is 3.38. The summed E-state index contributed by atoms with van der Waals surface area (Å²) in [5.41, 5.74) is 2.50. The van der Waals surface area contributed by atoms with Gasteiger partial charge in [0.2, 0.25) is 0 Å². The van der Waals surface area contributed by atoms with Gasteiger partial charge in [0.05, 0.1) is 11.7 Å². The average molecular weight is 337 g/mol. The number of nitrogens with one attached hydrogen (secondary N) is 1. The highest BCUT2D eigenvalue weighted by Crippen LogP contribution is 2.32. The summed E-state index contributed by atoms with van der Waals surface area (Å²) in [4.78, 5) is 35.5. The van der Waals surface area contributed by atoms with Crippen LogP contribution in [-0.4, -0.2) is 36.9 Å². The van der Waals surface area contributed by atoms with Crippen LogP contribution in [0.15, 0.2) is 41.3 Å². The topological polar surface area (TPSA) is 83.4 Å². The lowest BCUT2D eigenvalue weighted by Gasteiger charge is -2.23. The van der Waals surface area contributed by atoms with E-state index in [2.05, 4.69) is 15.1 Å². The van der Waals surface area contributed by atoms with Crippen LogP contribution in [-0.2, 0) is 6.42 Å². The third kappa shape index (κ3) is 2.71. The Morgan fingerprint density at radius 2 is 2.24 bits per heavy atom. The molecule has 1 amide bonds. The van der Waals surface area contributed by atoms with E-state index in [1.54, 1.807) is 24.4 Å². The summed E-state index contributed by atoms with van der Waals surface area (Å²) in [5.74, 6) is -0.0868. The maximum absolute atomic E-state index is 12.8. The highest BCUT2D eigenvalue weighted by Gasteiger charge is 2.32. The Bertz CT molecular complexity index is 976. The Hall–Kier alpha value is -2.96. The number of hydrogen-bond donors (Lipinski definition) is 1. The lowest BCUT2D eigenvalue weighted by Crippen LogP contribution is -2.31. The molecule has 0 radical (unpaired) electrons. The molecule has 0 aromatic carbocycles. The molecule has 1 atom stereocenters. The van der Waals surface area contributed by atoms with Crippen molar-refractivity contribution in [3.63, 3.8) is 0 Å². The fourth-order valence-electron chi connectivity index (χ4n) is 3.38. The van der Waals surface area contributed by atoms with Crippen molar-refractivity contribution in [1.29, 1.82) is 0 Å². The molecular formula is C18H19N5O2. The van der Waals surface area contributed by atoms with E-state index in [9.17, 15) is 9.59 Å². The van der Waals surface area contributed by atoms with E-state index in [4.69, 9.17) is 0 Å². The normalized spacial score (nSPS) is 17.3. The number of H-pyrrole nitrogens is 1. The summed E-state index contributed by atoms with van der Waals surface area (Å²) in [6, 6.07) is 8.64. The SMILES string of the molecule is CCc1cc(=O)n2[nH]c(C3CCCN3C(=O)c3ccccn3)cc2n1.